The van der Waals surface area contributed by atoms with Crippen LogP contribution in [0.1, 0.15) is 26.2 Å². The van der Waals surface area contributed by atoms with Crippen LogP contribution in [0.2, 0.25) is 0 Å². The second kappa shape index (κ2) is 3.35. The molecule has 0 N–H and O–H groups in total. The summed E-state index contributed by atoms with van der Waals surface area (Å²) in [6.45, 7) is 2.00. The van der Waals surface area contributed by atoms with Crippen LogP contribution in [0.25, 0.3) is 0 Å². The fourth-order valence-corrected chi connectivity index (χ4v) is 2.20. The van der Waals surface area contributed by atoms with Gasteiger partial charge in [-0.25, -0.2) is 0 Å². The molecule has 0 radical (unpaired) electrons. The molecule has 0 bridgehead atoms. The lowest BCUT2D eigenvalue weighted by Gasteiger charge is -2.16. The van der Waals surface area contributed by atoms with Crippen LogP contribution in [-0.4, -0.2) is 36.0 Å². The smallest absolute Gasteiger partial charge is 0.235 e. The molecule has 2 aliphatic rings. The molecule has 2 heterocycles. The Balaban J connectivity index is 2.06. The molecule has 4 nitrogen and oxygen atoms in total. The van der Waals surface area contributed by atoms with Gasteiger partial charge in [-0.2, -0.15) is 0 Å². The average Bonchev–Trinajstić information content (AvgIpc) is 2.66. The van der Waals surface area contributed by atoms with E-state index < -0.39 is 0 Å². The minimum Gasteiger partial charge on any atom is -0.374 e. The molecule has 4 heteroatoms. The van der Waals surface area contributed by atoms with Gasteiger partial charge in [0.2, 0.25) is 11.8 Å². The quantitative estimate of drug-likeness (QED) is 0.577. The summed E-state index contributed by atoms with van der Waals surface area (Å²) in [6, 6.07) is 0. The van der Waals surface area contributed by atoms with Gasteiger partial charge in [-0.1, -0.05) is 0 Å². The maximum Gasteiger partial charge on any atom is 0.235 e. The van der Waals surface area contributed by atoms with E-state index in [4.69, 9.17) is 4.74 Å². The van der Waals surface area contributed by atoms with Gasteiger partial charge in [0.25, 0.3) is 0 Å². The van der Waals surface area contributed by atoms with Crippen molar-refractivity contribution in [3.63, 3.8) is 0 Å². The lowest BCUT2D eigenvalue weighted by atomic mass is 9.98. The summed E-state index contributed by atoms with van der Waals surface area (Å²) in [7, 11) is 1.54. The van der Waals surface area contributed by atoms with Crippen LogP contribution in [0, 0.1) is 5.92 Å². The zero-order valence-corrected chi connectivity index (χ0v) is 8.53. The molecule has 0 saturated carbocycles. The van der Waals surface area contributed by atoms with Gasteiger partial charge in [-0.15, -0.1) is 0 Å². The Morgan fingerprint density at radius 1 is 1.36 bits per heavy atom. The van der Waals surface area contributed by atoms with Gasteiger partial charge in [0.15, 0.2) is 0 Å². The van der Waals surface area contributed by atoms with E-state index >= 15 is 0 Å². The van der Waals surface area contributed by atoms with E-state index in [1.807, 2.05) is 6.92 Å². The minimum absolute atomic E-state index is 0.0357. The third-order valence-electron chi connectivity index (χ3n) is 3.13. The molecule has 3 atom stereocenters. The molecule has 3 unspecified atom stereocenters. The van der Waals surface area contributed by atoms with Crippen molar-refractivity contribution in [1.82, 2.24) is 4.90 Å². The molecule has 0 aromatic heterocycles. The number of hydrogen-bond donors (Lipinski definition) is 0. The van der Waals surface area contributed by atoms with Crippen LogP contribution in [-0.2, 0) is 14.3 Å². The van der Waals surface area contributed by atoms with Crippen molar-refractivity contribution in [2.75, 3.05) is 7.05 Å². The Morgan fingerprint density at radius 3 is 2.50 bits per heavy atom. The normalized spacial score (nSPS) is 38.4. The first-order valence-corrected chi connectivity index (χ1v) is 5.05. The molecular formula is C10H15NO3. The molecule has 0 aromatic rings. The van der Waals surface area contributed by atoms with Crippen LogP contribution in [0.4, 0.5) is 0 Å². The molecule has 2 rings (SSSR count). The third-order valence-corrected chi connectivity index (χ3v) is 3.13. The summed E-state index contributed by atoms with van der Waals surface area (Å²) in [5.41, 5.74) is 0. The van der Waals surface area contributed by atoms with E-state index in [2.05, 4.69) is 0 Å². The molecule has 0 spiro atoms. The van der Waals surface area contributed by atoms with Crippen LogP contribution < -0.4 is 0 Å². The van der Waals surface area contributed by atoms with Gasteiger partial charge < -0.3 is 4.74 Å². The maximum absolute atomic E-state index is 11.6. The first-order chi connectivity index (χ1) is 6.59. The van der Waals surface area contributed by atoms with Crippen molar-refractivity contribution < 1.29 is 14.3 Å². The fraction of sp³-hybridized carbons (Fsp3) is 0.800. The highest BCUT2D eigenvalue weighted by Crippen LogP contribution is 2.31. The molecule has 0 aliphatic carbocycles. The largest absolute Gasteiger partial charge is 0.374 e. The number of carbonyl (C=O) groups excluding carboxylic acids is 2. The molecule has 2 fully saturated rings. The average molecular weight is 197 g/mol. The summed E-state index contributed by atoms with van der Waals surface area (Å²) in [4.78, 5) is 24.1. The summed E-state index contributed by atoms with van der Waals surface area (Å²) in [6.07, 6.45) is 2.41. The highest BCUT2D eigenvalue weighted by molar-refractivity contribution is 6.03. The Morgan fingerprint density at radius 2 is 2.07 bits per heavy atom. The van der Waals surface area contributed by atoms with E-state index in [1.165, 1.54) is 4.90 Å². The van der Waals surface area contributed by atoms with Crippen molar-refractivity contribution in [2.24, 2.45) is 5.92 Å². The Bertz CT molecular complexity index is 277. The lowest BCUT2D eigenvalue weighted by Crippen LogP contribution is -2.30. The molecule has 78 valence electrons. The number of carbonyl (C=O) groups is 2. The number of amides is 2. The van der Waals surface area contributed by atoms with Gasteiger partial charge in [-0.3, -0.25) is 14.5 Å². The second-order valence-electron chi connectivity index (χ2n) is 4.16. The standard InChI is InChI=1S/C10H15NO3/c1-6-3-4-8(14-6)7-5-9(12)11(2)10(7)13/h6-8H,3-5H2,1-2H3. The first kappa shape index (κ1) is 9.65. The zero-order chi connectivity index (χ0) is 10.3. The van der Waals surface area contributed by atoms with Crippen molar-refractivity contribution in [1.29, 1.82) is 0 Å². The maximum atomic E-state index is 11.6. The van der Waals surface area contributed by atoms with Gasteiger partial charge in [-0.05, 0) is 19.8 Å². The first-order valence-electron chi connectivity index (χ1n) is 5.05. The molecular weight excluding hydrogens is 182 g/mol. The SMILES string of the molecule is CC1CCC(C2CC(=O)N(C)C2=O)O1. The number of ether oxygens (including phenoxy) is 1. The summed E-state index contributed by atoms with van der Waals surface area (Å²) in [5.74, 6) is -0.380. The Hall–Kier alpha value is -0.900. The van der Waals surface area contributed by atoms with Crippen LogP contribution >= 0.6 is 0 Å². The second-order valence-corrected chi connectivity index (χ2v) is 4.16. The fourth-order valence-electron chi connectivity index (χ4n) is 2.20. The highest BCUT2D eigenvalue weighted by atomic mass is 16.5. The molecule has 2 aliphatic heterocycles. The monoisotopic (exact) mass is 197 g/mol. The topological polar surface area (TPSA) is 46.6 Å². The number of imide groups is 1. The number of hydrogen-bond acceptors (Lipinski definition) is 3. The minimum atomic E-state index is -0.225. The van der Waals surface area contributed by atoms with Crippen molar-refractivity contribution >= 4 is 11.8 Å². The van der Waals surface area contributed by atoms with Crippen LogP contribution in [0.3, 0.4) is 0 Å². The number of nitrogens with zero attached hydrogens (tertiary/aromatic N) is 1. The van der Waals surface area contributed by atoms with E-state index in [0.29, 0.717) is 6.42 Å². The summed E-state index contributed by atoms with van der Waals surface area (Å²) in [5, 5.41) is 0. The summed E-state index contributed by atoms with van der Waals surface area (Å²) < 4.78 is 5.61. The van der Waals surface area contributed by atoms with Gasteiger partial charge in [0.1, 0.15) is 0 Å². The van der Waals surface area contributed by atoms with Crippen molar-refractivity contribution in [2.45, 2.75) is 38.4 Å². The van der Waals surface area contributed by atoms with Crippen LogP contribution in [0.15, 0.2) is 0 Å². The predicted octanol–water partition coefficient (Wildman–Crippen LogP) is 0.559. The predicted molar refractivity (Wildman–Crippen MR) is 49.5 cm³/mol. The van der Waals surface area contributed by atoms with Gasteiger partial charge >= 0.3 is 0 Å². The Kier molecular flexibility index (Phi) is 2.31. The van der Waals surface area contributed by atoms with Crippen molar-refractivity contribution in [3.8, 4) is 0 Å². The van der Waals surface area contributed by atoms with E-state index in [9.17, 15) is 9.59 Å². The molecule has 2 saturated heterocycles. The number of rotatable bonds is 1. The third kappa shape index (κ3) is 1.43. The number of likely N-dealkylation sites (tertiary alicyclic amines) is 1. The molecule has 2 amide bonds. The molecule has 0 aromatic carbocycles. The van der Waals surface area contributed by atoms with Crippen molar-refractivity contribution in [3.05, 3.63) is 0 Å². The highest BCUT2D eigenvalue weighted by Gasteiger charge is 2.43. The van der Waals surface area contributed by atoms with E-state index in [1.54, 1.807) is 7.05 Å². The lowest BCUT2D eigenvalue weighted by molar-refractivity contribution is -0.139. The Labute approximate surface area is 83.2 Å². The van der Waals surface area contributed by atoms with Gasteiger partial charge in [0, 0.05) is 13.5 Å². The van der Waals surface area contributed by atoms with E-state index in [0.717, 1.165) is 12.8 Å². The summed E-state index contributed by atoms with van der Waals surface area (Å²) >= 11 is 0. The molecule has 14 heavy (non-hydrogen) atoms. The van der Waals surface area contributed by atoms with Crippen LogP contribution in [0.5, 0.6) is 0 Å². The van der Waals surface area contributed by atoms with E-state index in [-0.39, 0.29) is 29.9 Å². The zero-order valence-electron chi connectivity index (χ0n) is 8.53. The van der Waals surface area contributed by atoms with Gasteiger partial charge in [0.05, 0.1) is 18.1 Å².